The molecule has 9 heteroatoms. The largest absolute Gasteiger partial charge is 0.356 e. The van der Waals surface area contributed by atoms with Gasteiger partial charge in [-0.1, -0.05) is 60.7 Å². The normalized spacial score (nSPS) is 17.2. The smallest absolute Gasteiger partial charge is 0.225 e. The fourth-order valence-electron chi connectivity index (χ4n) is 5.66. The second-order valence-electron chi connectivity index (χ2n) is 9.92. The van der Waals surface area contributed by atoms with E-state index < -0.39 is 0 Å². The average Bonchev–Trinajstić information content (AvgIpc) is 3.54. The number of nitrogens with zero attached hydrogens (tertiary/aromatic N) is 8. The Hall–Kier alpha value is -4.11. The van der Waals surface area contributed by atoms with Crippen molar-refractivity contribution in [2.45, 2.75) is 18.9 Å². The third-order valence-electron chi connectivity index (χ3n) is 7.68. The highest BCUT2D eigenvalue weighted by Gasteiger charge is 2.33. The summed E-state index contributed by atoms with van der Waals surface area (Å²) in [5, 5.41) is 4.15. The molecule has 0 aliphatic carbocycles. The zero-order chi connectivity index (χ0) is 25.7. The molecular weight excluding hydrogens is 476 g/mol. The summed E-state index contributed by atoms with van der Waals surface area (Å²) >= 11 is 0. The van der Waals surface area contributed by atoms with Crippen LogP contribution in [0.1, 0.15) is 30.0 Å². The van der Waals surface area contributed by atoms with Crippen molar-refractivity contribution in [2.75, 3.05) is 44.2 Å². The minimum Gasteiger partial charge on any atom is -0.356 e. The summed E-state index contributed by atoms with van der Waals surface area (Å²) in [4.78, 5) is 33.0. The van der Waals surface area contributed by atoms with Crippen LogP contribution in [0.4, 0.5) is 5.82 Å². The van der Waals surface area contributed by atoms with Crippen molar-refractivity contribution < 1.29 is 4.79 Å². The van der Waals surface area contributed by atoms with Gasteiger partial charge in [-0.15, -0.1) is 0 Å². The number of amides is 1. The van der Waals surface area contributed by atoms with E-state index in [9.17, 15) is 4.79 Å². The lowest BCUT2D eigenvalue weighted by atomic mass is 9.94. The van der Waals surface area contributed by atoms with Gasteiger partial charge in [0.15, 0.2) is 5.82 Å². The average molecular weight is 509 g/mol. The van der Waals surface area contributed by atoms with Crippen LogP contribution >= 0.6 is 0 Å². The first-order valence-corrected chi connectivity index (χ1v) is 13.3. The second-order valence-corrected chi connectivity index (χ2v) is 9.92. The Morgan fingerprint density at radius 2 is 1.39 bits per heavy atom. The van der Waals surface area contributed by atoms with Crippen molar-refractivity contribution >= 4 is 11.7 Å². The van der Waals surface area contributed by atoms with Crippen LogP contribution in [-0.4, -0.2) is 79.7 Å². The number of anilines is 1. The van der Waals surface area contributed by atoms with E-state index >= 15 is 0 Å². The summed E-state index contributed by atoms with van der Waals surface area (Å²) in [6.07, 6.45) is 6.33. The number of piperazine rings is 1. The molecule has 4 heterocycles. The summed E-state index contributed by atoms with van der Waals surface area (Å²) in [5.41, 5.74) is 2.59. The van der Waals surface area contributed by atoms with Crippen LogP contribution in [0.2, 0.25) is 0 Å². The Bertz CT molecular complexity index is 1280. The summed E-state index contributed by atoms with van der Waals surface area (Å²) in [6, 6.07) is 23.5. The van der Waals surface area contributed by atoms with Crippen molar-refractivity contribution in [3.8, 4) is 5.82 Å². The highest BCUT2D eigenvalue weighted by atomic mass is 16.2. The fraction of sp³-hybridized carbons (Fsp3) is 0.345. The Labute approximate surface area is 222 Å². The summed E-state index contributed by atoms with van der Waals surface area (Å²) < 4.78 is 1.63. The molecule has 4 aromatic rings. The van der Waals surface area contributed by atoms with Gasteiger partial charge in [-0.2, -0.15) is 5.10 Å². The van der Waals surface area contributed by atoms with Crippen LogP contribution in [0.25, 0.3) is 5.82 Å². The molecule has 2 aromatic carbocycles. The lowest BCUT2D eigenvalue weighted by Crippen LogP contribution is -2.52. The highest BCUT2D eigenvalue weighted by Crippen LogP contribution is 2.30. The summed E-state index contributed by atoms with van der Waals surface area (Å²) in [7, 11) is 0. The van der Waals surface area contributed by atoms with E-state index in [1.165, 1.54) is 17.5 Å². The Morgan fingerprint density at radius 3 is 2.00 bits per heavy atom. The standard InChI is InChI=1S/C29H32N8O/c38-29(25-11-13-34(14-12-25)26-19-27(32-21-31-26)37-22-30-20-33-37)36-17-15-35(16-18-36)28(23-7-3-1-4-8-23)24-9-5-2-6-10-24/h1-10,19-22,25,28H,11-18H2. The van der Waals surface area contributed by atoms with E-state index in [1.807, 2.05) is 6.07 Å². The van der Waals surface area contributed by atoms with Crippen LogP contribution in [0.3, 0.4) is 0 Å². The van der Waals surface area contributed by atoms with Gasteiger partial charge in [-0.05, 0) is 24.0 Å². The molecule has 0 bridgehead atoms. The molecule has 0 atom stereocenters. The lowest BCUT2D eigenvalue weighted by Gasteiger charge is -2.41. The maximum absolute atomic E-state index is 13.5. The van der Waals surface area contributed by atoms with Crippen LogP contribution in [0.5, 0.6) is 0 Å². The Morgan fingerprint density at radius 1 is 0.763 bits per heavy atom. The van der Waals surface area contributed by atoms with Crippen LogP contribution < -0.4 is 4.90 Å². The maximum atomic E-state index is 13.5. The molecule has 1 amide bonds. The SMILES string of the molecule is O=C(C1CCN(c2cc(-n3cncn3)ncn2)CC1)N1CCN(C(c2ccccc2)c2ccccc2)CC1. The Kier molecular flexibility index (Phi) is 7.08. The zero-order valence-corrected chi connectivity index (χ0v) is 21.4. The van der Waals surface area contributed by atoms with Crippen LogP contribution in [-0.2, 0) is 4.79 Å². The molecule has 194 valence electrons. The molecule has 0 saturated carbocycles. The van der Waals surface area contributed by atoms with E-state index in [1.54, 1.807) is 17.3 Å². The molecule has 9 nitrogen and oxygen atoms in total. The minimum atomic E-state index is 0.0634. The zero-order valence-electron chi connectivity index (χ0n) is 21.4. The van der Waals surface area contributed by atoms with Crippen molar-refractivity contribution in [3.05, 3.63) is 96.8 Å². The number of benzene rings is 2. The molecule has 2 aromatic heterocycles. The third-order valence-corrected chi connectivity index (χ3v) is 7.68. The van der Waals surface area contributed by atoms with Crippen LogP contribution in [0, 0.1) is 5.92 Å². The predicted octanol–water partition coefficient (Wildman–Crippen LogP) is 3.21. The molecule has 2 saturated heterocycles. The highest BCUT2D eigenvalue weighted by molar-refractivity contribution is 5.79. The van der Waals surface area contributed by atoms with Crippen molar-refractivity contribution in [3.63, 3.8) is 0 Å². The number of rotatable bonds is 6. The number of aromatic nitrogens is 5. The van der Waals surface area contributed by atoms with Crippen molar-refractivity contribution in [1.29, 1.82) is 0 Å². The second kappa shape index (κ2) is 11.1. The van der Waals surface area contributed by atoms with E-state index in [0.29, 0.717) is 11.7 Å². The molecule has 0 radical (unpaired) electrons. The molecule has 0 spiro atoms. The van der Waals surface area contributed by atoms with E-state index in [0.717, 1.165) is 57.9 Å². The summed E-state index contributed by atoms with van der Waals surface area (Å²) in [5.74, 6) is 1.91. The minimum absolute atomic E-state index is 0.0634. The Balaban J connectivity index is 1.06. The monoisotopic (exact) mass is 508 g/mol. The molecule has 38 heavy (non-hydrogen) atoms. The first kappa shape index (κ1) is 24.2. The van der Waals surface area contributed by atoms with Crippen molar-refractivity contribution in [2.24, 2.45) is 5.92 Å². The van der Waals surface area contributed by atoms with Gasteiger partial charge in [-0.3, -0.25) is 9.69 Å². The van der Waals surface area contributed by atoms with Gasteiger partial charge in [0.05, 0.1) is 6.04 Å². The summed E-state index contributed by atoms with van der Waals surface area (Å²) in [6.45, 7) is 4.86. The molecule has 2 aliphatic rings. The molecular formula is C29H32N8O. The number of carbonyl (C=O) groups excluding carboxylic acids is 1. The topological polar surface area (TPSA) is 83.3 Å². The van der Waals surface area contributed by atoms with Gasteiger partial charge in [0.25, 0.3) is 0 Å². The van der Waals surface area contributed by atoms with Gasteiger partial charge >= 0.3 is 0 Å². The first-order chi connectivity index (χ1) is 18.8. The van der Waals surface area contributed by atoms with Crippen LogP contribution in [0.15, 0.2) is 85.7 Å². The molecule has 2 aliphatic heterocycles. The molecule has 6 rings (SSSR count). The lowest BCUT2D eigenvalue weighted by molar-refractivity contribution is -0.138. The van der Waals surface area contributed by atoms with Gasteiger partial charge in [-0.25, -0.2) is 19.6 Å². The van der Waals surface area contributed by atoms with Gasteiger partial charge in [0, 0.05) is 51.3 Å². The molecule has 0 unspecified atom stereocenters. The van der Waals surface area contributed by atoms with Gasteiger partial charge in [0.1, 0.15) is 24.8 Å². The van der Waals surface area contributed by atoms with Gasteiger partial charge in [0.2, 0.25) is 5.91 Å². The molecule has 0 N–H and O–H groups in total. The molecule has 2 fully saturated rings. The quantitative estimate of drug-likeness (QED) is 0.396. The predicted molar refractivity (Wildman–Crippen MR) is 145 cm³/mol. The number of piperidine rings is 1. The number of hydrogen-bond donors (Lipinski definition) is 0. The van der Waals surface area contributed by atoms with E-state index in [2.05, 4.69) is 95.4 Å². The van der Waals surface area contributed by atoms with E-state index in [4.69, 9.17) is 0 Å². The van der Waals surface area contributed by atoms with E-state index in [-0.39, 0.29) is 12.0 Å². The number of hydrogen-bond acceptors (Lipinski definition) is 7. The third kappa shape index (κ3) is 5.15. The van der Waals surface area contributed by atoms with Crippen molar-refractivity contribution in [1.82, 2.24) is 34.5 Å². The maximum Gasteiger partial charge on any atom is 0.225 e. The fourth-order valence-corrected chi connectivity index (χ4v) is 5.66. The first-order valence-electron chi connectivity index (χ1n) is 13.3. The number of carbonyl (C=O) groups is 1. The van der Waals surface area contributed by atoms with Gasteiger partial charge < -0.3 is 9.80 Å².